The largest absolute Gasteiger partial charge is 0.396 e. The fourth-order valence-corrected chi connectivity index (χ4v) is 2.72. The van der Waals surface area contributed by atoms with Gasteiger partial charge in [-0.15, -0.1) is 0 Å². The van der Waals surface area contributed by atoms with Gasteiger partial charge in [0.25, 0.3) is 0 Å². The molecule has 0 bridgehead atoms. The average molecular weight is 298 g/mol. The molecule has 1 fully saturated rings. The predicted molar refractivity (Wildman–Crippen MR) is 72.2 cm³/mol. The Labute approximate surface area is 115 Å². The molecule has 1 atom stereocenters. The molecule has 1 heterocycles. The summed E-state index contributed by atoms with van der Waals surface area (Å²) in [5, 5.41) is 7.26. The number of anilines is 2. The second kappa shape index (κ2) is 4.76. The third-order valence-corrected chi connectivity index (χ3v) is 4.05. The lowest BCUT2D eigenvalue weighted by Crippen LogP contribution is -2.57. The monoisotopic (exact) mass is 298 g/mol. The van der Waals surface area contributed by atoms with E-state index in [9.17, 15) is 18.0 Å². The van der Waals surface area contributed by atoms with Gasteiger partial charge in [0.15, 0.2) is 0 Å². The molecule has 108 valence electrons. The molecule has 20 heavy (non-hydrogen) atoms. The van der Waals surface area contributed by atoms with Gasteiger partial charge in [0.1, 0.15) is 10.9 Å². The van der Waals surface area contributed by atoms with E-state index in [0.717, 1.165) is 0 Å². The van der Waals surface area contributed by atoms with Crippen LogP contribution in [0.1, 0.15) is 6.92 Å². The Morgan fingerprint density at radius 3 is 2.60 bits per heavy atom. The summed E-state index contributed by atoms with van der Waals surface area (Å²) in [6.45, 7) is 1.50. The van der Waals surface area contributed by atoms with Gasteiger partial charge in [0.05, 0.1) is 17.9 Å². The highest BCUT2D eigenvalue weighted by Crippen LogP contribution is 2.31. The van der Waals surface area contributed by atoms with Crippen LogP contribution in [0.3, 0.4) is 0 Å². The molecule has 1 aliphatic rings. The number of primary sulfonamides is 1. The van der Waals surface area contributed by atoms with Gasteiger partial charge in [-0.05, 0) is 19.1 Å². The Hall–Kier alpha value is -2.13. The van der Waals surface area contributed by atoms with Crippen LogP contribution in [-0.4, -0.2) is 32.8 Å². The molecule has 2 amide bonds. The number of nitrogens with one attached hydrogen (secondary N) is 1. The first-order valence-electron chi connectivity index (χ1n) is 5.73. The number of carbonyl (C=O) groups excluding carboxylic acids is 2. The first-order valence-corrected chi connectivity index (χ1v) is 7.28. The van der Waals surface area contributed by atoms with Crippen LogP contribution in [0.15, 0.2) is 23.1 Å². The van der Waals surface area contributed by atoms with E-state index < -0.39 is 27.9 Å². The zero-order valence-electron chi connectivity index (χ0n) is 10.7. The number of nitrogens with zero attached hydrogens (tertiary/aromatic N) is 1. The molecule has 5 N–H and O–H groups in total. The van der Waals surface area contributed by atoms with Crippen LogP contribution in [0.5, 0.6) is 0 Å². The van der Waals surface area contributed by atoms with Crippen molar-refractivity contribution in [3.8, 4) is 0 Å². The highest BCUT2D eigenvalue weighted by Gasteiger charge is 2.32. The summed E-state index contributed by atoms with van der Waals surface area (Å²) >= 11 is 0. The second-order valence-corrected chi connectivity index (χ2v) is 5.98. The number of nitrogens with two attached hydrogens (primary N) is 2. The van der Waals surface area contributed by atoms with E-state index in [1.165, 1.54) is 23.1 Å². The molecule has 1 aromatic rings. The normalized spacial score (nSPS) is 19.9. The first-order chi connectivity index (χ1) is 9.21. The second-order valence-electron chi connectivity index (χ2n) is 4.45. The number of hydrogen-bond acceptors (Lipinski definition) is 6. The van der Waals surface area contributed by atoms with Crippen LogP contribution < -0.4 is 21.1 Å². The molecule has 1 saturated heterocycles. The third kappa shape index (κ3) is 2.45. The fourth-order valence-electron chi connectivity index (χ4n) is 2.04. The van der Waals surface area contributed by atoms with E-state index in [1.807, 2.05) is 0 Å². The minimum absolute atomic E-state index is 0.0793. The lowest BCUT2D eigenvalue weighted by molar-refractivity contribution is -0.132. The molecule has 0 spiro atoms. The Bertz CT molecular complexity index is 686. The summed E-state index contributed by atoms with van der Waals surface area (Å²) in [7, 11) is -3.98. The number of imide groups is 1. The highest BCUT2D eigenvalue weighted by molar-refractivity contribution is 7.89. The van der Waals surface area contributed by atoms with Gasteiger partial charge >= 0.3 is 0 Å². The molecule has 9 heteroatoms. The highest BCUT2D eigenvalue weighted by atomic mass is 32.2. The number of rotatable bonds is 2. The molecule has 2 rings (SSSR count). The Morgan fingerprint density at radius 1 is 1.35 bits per heavy atom. The Kier molecular flexibility index (Phi) is 3.40. The van der Waals surface area contributed by atoms with Crippen molar-refractivity contribution in [1.82, 2.24) is 5.32 Å². The van der Waals surface area contributed by atoms with Gasteiger partial charge in [-0.1, -0.05) is 6.07 Å². The van der Waals surface area contributed by atoms with E-state index >= 15 is 0 Å². The standard InChI is InChI=1S/C11H14N4O4S/c1-6-11(17)14-9(16)5-15(6)7-3-2-4-8(10(7)12)20(13,18)19/h2-4,6H,5,12H2,1H3,(H2,13,18,19)(H,14,16,17). The van der Waals surface area contributed by atoms with Crippen LogP contribution >= 0.6 is 0 Å². The smallest absolute Gasteiger partial charge is 0.249 e. The maximum atomic E-state index is 11.6. The maximum Gasteiger partial charge on any atom is 0.249 e. The molecule has 0 aliphatic carbocycles. The molecule has 0 aromatic heterocycles. The summed E-state index contributed by atoms with van der Waals surface area (Å²) in [5.74, 6) is -0.949. The number of carbonyl (C=O) groups is 2. The van der Waals surface area contributed by atoms with Crippen molar-refractivity contribution < 1.29 is 18.0 Å². The number of para-hydroxylation sites is 1. The van der Waals surface area contributed by atoms with Crippen molar-refractivity contribution in [2.24, 2.45) is 5.14 Å². The molecule has 1 unspecified atom stereocenters. The SMILES string of the molecule is CC1C(=O)NC(=O)CN1c1cccc(S(N)(=O)=O)c1N. The molecular formula is C11H14N4O4S. The zero-order valence-corrected chi connectivity index (χ0v) is 11.5. The van der Waals surface area contributed by atoms with Crippen LogP contribution in [0.25, 0.3) is 0 Å². The number of piperazine rings is 1. The summed E-state index contributed by atoms with van der Waals surface area (Å²) in [6, 6.07) is 3.61. The summed E-state index contributed by atoms with van der Waals surface area (Å²) < 4.78 is 22.9. The first kappa shape index (κ1) is 14.3. The van der Waals surface area contributed by atoms with Gasteiger partial charge in [-0.3, -0.25) is 14.9 Å². The van der Waals surface area contributed by atoms with Crippen LogP contribution in [0.4, 0.5) is 11.4 Å². The molecule has 1 aliphatic heterocycles. The number of amides is 2. The van der Waals surface area contributed by atoms with E-state index in [4.69, 9.17) is 10.9 Å². The van der Waals surface area contributed by atoms with Gasteiger partial charge in [0.2, 0.25) is 21.8 Å². The Balaban J connectivity index is 2.53. The number of sulfonamides is 1. The summed E-state index contributed by atoms with van der Waals surface area (Å²) in [4.78, 5) is 24.3. The predicted octanol–water partition coefficient (Wildman–Crippen LogP) is -1.23. The van der Waals surface area contributed by atoms with Crippen molar-refractivity contribution in [2.45, 2.75) is 17.9 Å². The van der Waals surface area contributed by atoms with Crippen molar-refractivity contribution in [3.63, 3.8) is 0 Å². The fraction of sp³-hybridized carbons (Fsp3) is 0.273. The lowest BCUT2D eigenvalue weighted by Gasteiger charge is -2.34. The van der Waals surface area contributed by atoms with Crippen molar-refractivity contribution in [3.05, 3.63) is 18.2 Å². The quantitative estimate of drug-likeness (QED) is 0.462. The van der Waals surface area contributed by atoms with Gasteiger partial charge in [0, 0.05) is 0 Å². The molecular weight excluding hydrogens is 284 g/mol. The van der Waals surface area contributed by atoms with Crippen LogP contribution in [0, 0.1) is 0 Å². The van der Waals surface area contributed by atoms with Crippen molar-refractivity contribution in [2.75, 3.05) is 17.2 Å². The average Bonchev–Trinajstić information content (AvgIpc) is 2.33. The number of benzene rings is 1. The topological polar surface area (TPSA) is 136 Å². The van der Waals surface area contributed by atoms with Crippen LogP contribution in [-0.2, 0) is 19.6 Å². The van der Waals surface area contributed by atoms with Crippen molar-refractivity contribution in [1.29, 1.82) is 0 Å². The van der Waals surface area contributed by atoms with E-state index in [2.05, 4.69) is 5.32 Å². The van der Waals surface area contributed by atoms with Crippen LogP contribution in [0.2, 0.25) is 0 Å². The Morgan fingerprint density at radius 2 is 2.00 bits per heavy atom. The summed E-state index contributed by atoms with van der Waals surface area (Å²) in [5.41, 5.74) is 6.01. The maximum absolute atomic E-state index is 11.6. The molecule has 0 saturated carbocycles. The van der Waals surface area contributed by atoms with Gasteiger partial charge in [-0.25, -0.2) is 13.6 Å². The minimum Gasteiger partial charge on any atom is -0.396 e. The summed E-state index contributed by atoms with van der Waals surface area (Å²) in [6.07, 6.45) is 0. The molecule has 8 nitrogen and oxygen atoms in total. The van der Waals surface area contributed by atoms with E-state index in [-0.39, 0.29) is 22.8 Å². The number of nitrogen functional groups attached to an aromatic ring is 1. The molecule has 1 aromatic carbocycles. The molecule has 0 radical (unpaired) electrons. The number of hydrogen-bond donors (Lipinski definition) is 3. The van der Waals surface area contributed by atoms with Gasteiger partial charge < -0.3 is 10.6 Å². The van der Waals surface area contributed by atoms with Gasteiger partial charge in [-0.2, -0.15) is 0 Å². The third-order valence-electron chi connectivity index (χ3n) is 3.08. The van der Waals surface area contributed by atoms with E-state index in [0.29, 0.717) is 0 Å². The minimum atomic E-state index is -3.98. The lowest BCUT2D eigenvalue weighted by atomic mass is 10.1. The van der Waals surface area contributed by atoms with Crippen molar-refractivity contribution >= 4 is 33.2 Å². The zero-order chi connectivity index (χ0) is 15.1. The van der Waals surface area contributed by atoms with E-state index in [1.54, 1.807) is 6.92 Å².